The minimum atomic E-state index is -0.587. The van der Waals surface area contributed by atoms with Crippen molar-refractivity contribution in [1.82, 2.24) is 9.97 Å². The molecule has 0 aliphatic rings. The van der Waals surface area contributed by atoms with Gasteiger partial charge in [-0.2, -0.15) is 0 Å². The second-order valence-corrected chi connectivity index (χ2v) is 4.30. The summed E-state index contributed by atoms with van der Waals surface area (Å²) in [5.74, 6) is -0.912. The third-order valence-electron chi connectivity index (χ3n) is 2.22. The van der Waals surface area contributed by atoms with Crippen molar-refractivity contribution < 1.29 is 13.9 Å². The summed E-state index contributed by atoms with van der Waals surface area (Å²) in [6, 6.07) is 5.93. The molecule has 0 fully saturated rings. The minimum Gasteiger partial charge on any atom is -0.464 e. The van der Waals surface area contributed by atoms with Gasteiger partial charge in [0.1, 0.15) is 5.82 Å². The summed E-state index contributed by atoms with van der Waals surface area (Å²) in [6.07, 6.45) is 1.38. The maximum Gasteiger partial charge on any atom is 0.356 e. The molecule has 0 amide bonds. The maximum atomic E-state index is 13.7. The predicted octanol–water partition coefficient (Wildman–Crippen LogP) is 2.83. The number of carbonyl (C=O) groups is 1. The summed E-state index contributed by atoms with van der Waals surface area (Å²) < 4.78 is 18.9. The molecule has 4 nitrogen and oxygen atoms in total. The SMILES string of the molecule is COC(=O)c1ccnc(-c2ccc(Br)cc2F)n1. The van der Waals surface area contributed by atoms with E-state index in [1.165, 1.54) is 31.5 Å². The van der Waals surface area contributed by atoms with Crippen LogP contribution in [0.4, 0.5) is 4.39 Å². The highest BCUT2D eigenvalue weighted by Crippen LogP contribution is 2.22. The van der Waals surface area contributed by atoms with Gasteiger partial charge in [-0.25, -0.2) is 19.2 Å². The predicted molar refractivity (Wildman–Crippen MR) is 66.5 cm³/mol. The van der Waals surface area contributed by atoms with Gasteiger partial charge < -0.3 is 4.74 Å². The van der Waals surface area contributed by atoms with Crippen molar-refractivity contribution in [3.05, 3.63) is 46.4 Å². The number of esters is 1. The molecule has 1 aromatic heterocycles. The number of hydrogen-bond donors (Lipinski definition) is 0. The molecule has 0 saturated carbocycles. The number of nitrogens with zero attached hydrogens (tertiary/aromatic N) is 2. The van der Waals surface area contributed by atoms with Crippen molar-refractivity contribution >= 4 is 21.9 Å². The zero-order valence-electron chi connectivity index (χ0n) is 9.35. The molecule has 0 N–H and O–H groups in total. The van der Waals surface area contributed by atoms with Gasteiger partial charge in [0.15, 0.2) is 11.5 Å². The highest BCUT2D eigenvalue weighted by molar-refractivity contribution is 9.10. The van der Waals surface area contributed by atoms with E-state index in [0.29, 0.717) is 4.47 Å². The fraction of sp³-hybridized carbons (Fsp3) is 0.0833. The Kier molecular flexibility index (Phi) is 3.66. The van der Waals surface area contributed by atoms with Crippen molar-refractivity contribution in [3.63, 3.8) is 0 Å². The van der Waals surface area contributed by atoms with Gasteiger partial charge in [0.25, 0.3) is 0 Å². The Bertz CT molecular complexity index is 604. The summed E-state index contributed by atoms with van der Waals surface area (Å²) in [5.41, 5.74) is 0.314. The average molecular weight is 311 g/mol. The molecule has 0 unspecified atom stereocenters. The number of aromatic nitrogens is 2. The third kappa shape index (κ3) is 2.53. The molecule has 1 aromatic carbocycles. The zero-order valence-corrected chi connectivity index (χ0v) is 10.9. The van der Waals surface area contributed by atoms with Gasteiger partial charge in [-0.05, 0) is 24.3 Å². The molecule has 0 saturated heterocycles. The second kappa shape index (κ2) is 5.22. The quantitative estimate of drug-likeness (QED) is 0.800. The van der Waals surface area contributed by atoms with E-state index in [0.717, 1.165) is 0 Å². The van der Waals surface area contributed by atoms with E-state index in [1.54, 1.807) is 6.07 Å². The number of rotatable bonds is 2. The Morgan fingerprint density at radius 2 is 2.17 bits per heavy atom. The van der Waals surface area contributed by atoms with E-state index < -0.39 is 11.8 Å². The first kappa shape index (κ1) is 12.6. The number of methoxy groups -OCH3 is 1. The summed E-state index contributed by atoms with van der Waals surface area (Å²) in [4.78, 5) is 19.2. The Morgan fingerprint density at radius 1 is 1.39 bits per heavy atom. The van der Waals surface area contributed by atoms with Crippen LogP contribution in [0.3, 0.4) is 0 Å². The highest BCUT2D eigenvalue weighted by Gasteiger charge is 2.12. The van der Waals surface area contributed by atoms with Gasteiger partial charge >= 0.3 is 5.97 Å². The highest BCUT2D eigenvalue weighted by atomic mass is 79.9. The van der Waals surface area contributed by atoms with E-state index in [-0.39, 0.29) is 17.1 Å². The molecule has 18 heavy (non-hydrogen) atoms. The van der Waals surface area contributed by atoms with Crippen molar-refractivity contribution in [2.24, 2.45) is 0 Å². The molecule has 1 heterocycles. The number of benzene rings is 1. The molecule has 0 aliphatic heterocycles. The van der Waals surface area contributed by atoms with Crippen LogP contribution in [0.25, 0.3) is 11.4 Å². The fourth-order valence-corrected chi connectivity index (χ4v) is 1.71. The van der Waals surface area contributed by atoms with Crippen molar-refractivity contribution in [3.8, 4) is 11.4 Å². The summed E-state index contributed by atoms with van der Waals surface area (Å²) in [6.45, 7) is 0. The molecule has 6 heteroatoms. The van der Waals surface area contributed by atoms with Crippen LogP contribution in [-0.4, -0.2) is 23.0 Å². The molecule has 2 aromatic rings. The van der Waals surface area contributed by atoms with Crippen LogP contribution < -0.4 is 0 Å². The van der Waals surface area contributed by atoms with Gasteiger partial charge in [0, 0.05) is 10.7 Å². The molecule has 2 rings (SSSR count). The number of hydrogen-bond acceptors (Lipinski definition) is 4. The molecule has 0 spiro atoms. The van der Waals surface area contributed by atoms with Crippen molar-refractivity contribution in [2.75, 3.05) is 7.11 Å². The van der Waals surface area contributed by atoms with E-state index in [4.69, 9.17) is 0 Å². The number of carbonyl (C=O) groups excluding carboxylic acids is 1. The lowest BCUT2D eigenvalue weighted by atomic mass is 10.2. The van der Waals surface area contributed by atoms with E-state index in [9.17, 15) is 9.18 Å². The second-order valence-electron chi connectivity index (χ2n) is 3.38. The lowest BCUT2D eigenvalue weighted by molar-refractivity contribution is 0.0594. The first-order valence-electron chi connectivity index (χ1n) is 4.98. The maximum absolute atomic E-state index is 13.7. The topological polar surface area (TPSA) is 52.1 Å². The number of ether oxygens (including phenoxy) is 1. The summed E-state index contributed by atoms with van der Waals surface area (Å²) >= 11 is 3.16. The molecule has 0 bridgehead atoms. The fourth-order valence-electron chi connectivity index (χ4n) is 1.38. The van der Waals surface area contributed by atoms with Crippen LogP contribution in [0.1, 0.15) is 10.5 Å². The summed E-state index contributed by atoms with van der Waals surface area (Å²) in [7, 11) is 1.25. The monoisotopic (exact) mass is 310 g/mol. The lowest BCUT2D eigenvalue weighted by Crippen LogP contribution is -2.06. The van der Waals surface area contributed by atoms with Crippen LogP contribution in [0.5, 0.6) is 0 Å². The Balaban J connectivity index is 2.48. The van der Waals surface area contributed by atoms with Crippen LogP contribution in [-0.2, 0) is 4.74 Å². The van der Waals surface area contributed by atoms with Gasteiger partial charge in [0.05, 0.1) is 12.7 Å². The minimum absolute atomic E-state index is 0.0878. The lowest BCUT2D eigenvalue weighted by Gasteiger charge is -2.04. The molecule has 92 valence electrons. The van der Waals surface area contributed by atoms with E-state index in [1.807, 2.05) is 0 Å². The van der Waals surface area contributed by atoms with Gasteiger partial charge in [0.2, 0.25) is 0 Å². The van der Waals surface area contributed by atoms with Crippen LogP contribution in [0.2, 0.25) is 0 Å². The molecule has 0 radical (unpaired) electrons. The van der Waals surface area contributed by atoms with Gasteiger partial charge in [-0.15, -0.1) is 0 Å². The molecule has 0 atom stereocenters. The first-order valence-corrected chi connectivity index (χ1v) is 5.78. The van der Waals surface area contributed by atoms with Crippen LogP contribution >= 0.6 is 15.9 Å². The van der Waals surface area contributed by atoms with Crippen LogP contribution in [0.15, 0.2) is 34.9 Å². The third-order valence-corrected chi connectivity index (χ3v) is 2.72. The van der Waals surface area contributed by atoms with Gasteiger partial charge in [-0.3, -0.25) is 0 Å². The average Bonchev–Trinajstić information content (AvgIpc) is 2.38. The molecular weight excluding hydrogens is 303 g/mol. The Morgan fingerprint density at radius 3 is 2.83 bits per heavy atom. The van der Waals surface area contributed by atoms with Crippen LogP contribution in [0, 0.1) is 5.82 Å². The standard InChI is InChI=1S/C12H8BrFN2O2/c1-18-12(17)10-4-5-15-11(16-10)8-3-2-7(13)6-9(8)14/h2-6H,1H3. The van der Waals surface area contributed by atoms with E-state index >= 15 is 0 Å². The first-order chi connectivity index (χ1) is 8.61. The zero-order chi connectivity index (χ0) is 13.1. The number of halogens is 2. The van der Waals surface area contributed by atoms with E-state index in [2.05, 4.69) is 30.6 Å². The smallest absolute Gasteiger partial charge is 0.356 e. The Hall–Kier alpha value is -1.82. The Labute approximate surface area is 111 Å². The largest absolute Gasteiger partial charge is 0.464 e. The van der Waals surface area contributed by atoms with Gasteiger partial charge in [-0.1, -0.05) is 15.9 Å². The summed E-state index contributed by atoms with van der Waals surface area (Å²) in [5, 5.41) is 0. The van der Waals surface area contributed by atoms with Crippen molar-refractivity contribution in [2.45, 2.75) is 0 Å². The molecular formula is C12H8BrFN2O2. The normalized spacial score (nSPS) is 10.2. The molecule has 0 aliphatic carbocycles. The van der Waals surface area contributed by atoms with Crippen molar-refractivity contribution in [1.29, 1.82) is 0 Å².